The number of fused-ring (bicyclic) bond motifs is 1. The number of benzene rings is 2. The van der Waals surface area contributed by atoms with Gasteiger partial charge >= 0.3 is 0 Å². The number of carbonyl (C=O) groups is 1. The average Bonchev–Trinajstić information content (AvgIpc) is 3.47. The molecule has 8 nitrogen and oxygen atoms in total. The van der Waals surface area contributed by atoms with Crippen LogP contribution < -0.4 is 20.7 Å². The Balaban J connectivity index is 1.22. The highest BCUT2D eigenvalue weighted by Gasteiger charge is 2.24. The smallest absolute Gasteiger partial charge is 0.227 e. The first-order valence-electron chi connectivity index (χ1n) is 13.9. The van der Waals surface area contributed by atoms with Crippen molar-refractivity contribution >= 4 is 34.5 Å². The number of nitrogens with two attached hydrogens (primary N) is 1. The number of aromatic nitrogens is 2. The van der Waals surface area contributed by atoms with Gasteiger partial charge in [-0.2, -0.15) is 0 Å². The summed E-state index contributed by atoms with van der Waals surface area (Å²) in [7, 11) is 1.74. The molecule has 1 saturated carbocycles. The van der Waals surface area contributed by atoms with Gasteiger partial charge < -0.3 is 25.5 Å². The summed E-state index contributed by atoms with van der Waals surface area (Å²) < 4.78 is 5.73. The van der Waals surface area contributed by atoms with Crippen LogP contribution in [-0.2, 0) is 4.79 Å². The van der Waals surface area contributed by atoms with E-state index in [0.717, 1.165) is 67.8 Å². The van der Waals surface area contributed by atoms with Crippen molar-refractivity contribution in [3.8, 4) is 5.75 Å². The number of nitrogens with zero attached hydrogens (tertiary/aromatic N) is 4. The molecule has 3 N–H and O–H groups in total. The second-order valence-corrected chi connectivity index (χ2v) is 10.9. The van der Waals surface area contributed by atoms with Crippen molar-refractivity contribution in [3.63, 3.8) is 0 Å². The number of piperazine rings is 1. The van der Waals surface area contributed by atoms with Crippen molar-refractivity contribution in [2.75, 3.05) is 50.1 Å². The minimum Gasteiger partial charge on any atom is -0.496 e. The fourth-order valence-corrected chi connectivity index (χ4v) is 6.06. The Labute approximate surface area is 225 Å². The predicted octanol–water partition coefficient (Wildman–Crippen LogP) is 4.71. The quantitative estimate of drug-likeness (QED) is 0.374. The van der Waals surface area contributed by atoms with Gasteiger partial charge in [0.1, 0.15) is 12.0 Å². The molecule has 5 rings (SSSR count). The first-order valence-corrected chi connectivity index (χ1v) is 13.9. The number of carbonyl (C=O) groups excluding carboxylic acids is 1. The lowest BCUT2D eigenvalue weighted by Crippen LogP contribution is -2.48. The van der Waals surface area contributed by atoms with Crippen molar-refractivity contribution in [3.05, 3.63) is 48.2 Å². The van der Waals surface area contributed by atoms with Gasteiger partial charge in [-0.3, -0.25) is 4.90 Å². The number of nitrogens with one attached hydrogen (secondary N) is 1. The molecule has 0 amide bonds. The summed E-state index contributed by atoms with van der Waals surface area (Å²) in [4.78, 5) is 25.3. The lowest BCUT2D eigenvalue weighted by Gasteiger charge is -2.37. The predicted molar refractivity (Wildman–Crippen MR) is 153 cm³/mol. The minimum atomic E-state index is -0.351. The van der Waals surface area contributed by atoms with E-state index in [1.807, 2.05) is 12.3 Å². The van der Waals surface area contributed by atoms with Crippen LogP contribution in [0, 0.1) is 5.92 Å². The summed E-state index contributed by atoms with van der Waals surface area (Å²) in [6, 6.07) is 12.3. The summed E-state index contributed by atoms with van der Waals surface area (Å²) >= 11 is 0. The molecule has 0 radical (unpaired) electrons. The van der Waals surface area contributed by atoms with Crippen LogP contribution in [0.5, 0.6) is 5.75 Å². The van der Waals surface area contributed by atoms with Crippen molar-refractivity contribution in [2.45, 2.75) is 51.0 Å². The van der Waals surface area contributed by atoms with Gasteiger partial charge in [0.25, 0.3) is 0 Å². The fourth-order valence-electron chi connectivity index (χ4n) is 6.06. The lowest BCUT2D eigenvalue weighted by molar-refractivity contribution is -0.109. The zero-order chi connectivity index (χ0) is 26.5. The molecule has 8 heteroatoms. The topological polar surface area (TPSA) is 96.6 Å². The summed E-state index contributed by atoms with van der Waals surface area (Å²) in [5.41, 5.74) is 10.2. The Hall–Kier alpha value is -3.23. The molecule has 2 atom stereocenters. The maximum atomic E-state index is 10.8. The number of ether oxygens (including phenoxy) is 1. The third-order valence-corrected chi connectivity index (χ3v) is 8.02. The molecule has 1 saturated heterocycles. The average molecular weight is 517 g/mol. The van der Waals surface area contributed by atoms with Crippen molar-refractivity contribution < 1.29 is 9.53 Å². The van der Waals surface area contributed by atoms with E-state index in [9.17, 15) is 4.79 Å². The van der Waals surface area contributed by atoms with E-state index in [0.29, 0.717) is 17.8 Å². The third-order valence-electron chi connectivity index (χ3n) is 8.02. The van der Waals surface area contributed by atoms with Crippen molar-refractivity contribution in [1.82, 2.24) is 14.9 Å². The van der Waals surface area contributed by atoms with Crippen molar-refractivity contribution in [2.24, 2.45) is 11.7 Å². The molecule has 0 spiro atoms. The fraction of sp³-hybridized carbons (Fsp3) is 0.500. The Morgan fingerprint density at radius 3 is 2.53 bits per heavy atom. The SMILES string of the molecule is COc1ccc2cnc(Nc3ccc(N4CCN(CC(C)CC(N)C=O)CC4)cc3)nc2c1C1CCCC1. The molecule has 2 unspecified atom stereocenters. The van der Waals surface area contributed by atoms with Gasteiger partial charge in [0.15, 0.2) is 0 Å². The molecular weight excluding hydrogens is 476 g/mol. The van der Waals surface area contributed by atoms with Gasteiger partial charge in [0.05, 0.1) is 18.7 Å². The van der Waals surface area contributed by atoms with Gasteiger partial charge in [-0.25, -0.2) is 9.97 Å². The van der Waals surface area contributed by atoms with Crippen LogP contribution in [0.3, 0.4) is 0 Å². The number of methoxy groups -OCH3 is 1. The van der Waals surface area contributed by atoms with E-state index in [4.69, 9.17) is 15.5 Å². The highest BCUT2D eigenvalue weighted by atomic mass is 16.5. The lowest BCUT2D eigenvalue weighted by atomic mass is 9.94. The molecular formula is C30H40N6O2. The van der Waals surface area contributed by atoms with Crippen LogP contribution in [0.15, 0.2) is 42.6 Å². The summed E-state index contributed by atoms with van der Waals surface area (Å²) in [5.74, 6) is 2.44. The largest absolute Gasteiger partial charge is 0.496 e. The highest BCUT2D eigenvalue weighted by Crippen LogP contribution is 2.42. The molecule has 1 aliphatic heterocycles. The monoisotopic (exact) mass is 516 g/mol. The molecule has 2 aromatic carbocycles. The van der Waals surface area contributed by atoms with E-state index in [1.165, 1.54) is 36.9 Å². The van der Waals surface area contributed by atoms with Crippen LogP contribution in [0.4, 0.5) is 17.3 Å². The Kier molecular flexibility index (Phi) is 8.39. The maximum absolute atomic E-state index is 10.8. The first-order chi connectivity index (χ1) is 18.5. The number of hydrogen-bond acceptors (Lipinski definition) is 8. The molecule has 2 aliphatic rings. The Bertz CT molecular complexity index is 1220. The summed E-state index contributed by atoms with van der Waals surface area (Å²) in [6.45, 7) is 7.15. The van der Waals surface area contributed by atoms with Crippen LogP contribution in [0.2, 0.25) is 0 Å². The first kappa shape index (κ1) is 26.4. The van der Waals surface area contributed by atoms with E-state index >= 15 is 0 Å². The summed E-state index contributed by atoms with van der Waals surface area (Å²) in [5, 5.41) is 4.46. The van der Waals surface area contributed by atoms with Gasteiger partial charge in [0.2, 0.25) is 5.95 Å². The summed E-state index contributed by atoms with van der Waals surface area (Å²) in [6.07, 6.45) is 8.40. The van der Waals surface area contributed by atoms with E-state index in [1.54, 1.807) is 7.11 Å². The molecule has 202 valence electrons. The van der Waals surface area contributed by atoms with Crippen molar-refractivity contribution in [1.29, 1.82) is 0 Å². The van der Waals surface area contributed by atoms with Gasteiger partial charge in [-0.15, -0.1) is 0 Å². The molecule has 38 heavy (non-hydrogen) atoms. The molecule has 3 aromatic rings. The second kappa shape index (κ2) is 12.1. The molecule has 0 bridgehead atoms. The van der Waals surface area contributed by atoms with Crippen LogP contribution >= 0.6 is 0 Å². The van der Waals surface area contributed by atoms with Crippen LogP contribution in [0.25, 0.3) is 10.9 Å². The normalized spacial score (nSPS) is 18.4. The zero-order valence-electron chi connectivity index (χ0n) is 22.6. The second-order valence-electron chi connectivity index (χ2n) is 10.9. The van der Waals surface area contributed by atoms with Gasteiger partial charge in [-0.1, -0.05) is 19.8 Å². The minimum absolute atomic E-state index is 0.351. The van der Waals surface area contributed by atoms with E-state index in [2.05, 4.69) is 57.4 Å². The standard InChI is InChI=1S/C30H40N6O2/c1-21(17-24(31)20-37)19-35-13-15-36(16-14-35)26-10-8-25(9-11-26)33-30-32-18-23-7-12-27(38-2)28(29(23)34-30)22-5-3-4-6-22/h7-12,18,20-22,24H,3-6,13-17,19,31H2,1-2H3,(H,32,33,34). The van der Waals surface area contributed by atoms with Crippen LogP contribution in [-0.4, -0.2) is 67.0 Å². The zero-order valence-corrected chi connectivity index (χ0v) is 22.6. The van der Waals surface area contributed by atoms with Crippen LogP contribution in [0.1, 0.15) is 50.5 Å². The van der Waals surface area contributed by atoms with Gasteiger partial charge in [0, 0.05) is 61.2 Å². The van der Waals surface area contributed by atoms with E-state index < -0.39 is 0 Å². The number of hydrogen-bond donors (Lipinski definition) is 2. The number of aldehydes is 1. The molecule has 2 heterocycles. The Morgan fingerprint density at radius 1 is 1.11 bits per heavy atom. The molecule has 2 fully saturated rings. The van der Waals surface area contributed by atoms with Gasteiger partial charge in [-0.05, 0) is 67.5 Å². The maximum Gasteiger partial charge on any atom is 0.227 e. The Morgan fingerprint density at radius 2 is 1.84 bits per heavy atom. The third kappa shape index (κ3) is 6.08. The molecule has 1 aromatic heterocycles. The molecule has 1 aliphatic carbocycles. The highest BCUT2D eigenvalue weighted by molar-refractivity contribution is 5.85. The van der Waals surface area contributed by atoms with E-state index in [-0.39, 0.29) is 6.04 Å². The number of anilines is 3. The number of rotatable bonds is 10.